The number of carbonyl (C=O) groups excluding carboxylic acids is 2. The van der Waals surface area contributed by atoms with Gasteiger partial charge < -0.3 is 10.6 Å². The fraction of sp³-hybridized carbons (Fsp3) is 0.263. The van der Waals surface area contributed by atoms with Crippen molar-refractivity contribution < 1.29 is 9.59 Å². The van der Waals surface area contributed by atoms with Crippen molar-refractivity contribution in [2.45, 2.75) is 19.3 Å². The molecular weight excluding hydrogens is 359 g/mol. The van der Waals surface area contributed by atoms with Gasteiger partial charge in [-0.25, -0.2) is 0 Å². The number of hydrogen-bond donors (Lipinski definition) is 2. The molecule has 0 aliphatic heterocycles. The first-order valence-corrected chi connectivity index (χ1v) is 8.86. The zero-order valence-corrected chi connectivity index (χ0v) is 15.0. The molecule has 2 amide bonds. The highest BCUT2D eigenvalue weighted by Crippen LogP contribution is 2.47. The molecule has 0 unspecified atom stereocenters. The van der Waals surface area contributed by atoms with Crippen LogP contribution in [0.25, 0.3) is 0 Å². The Balaban J connectivity index is 1.56. The van der Waals surface area contributed by atoms with Gasteiger partial charge in [0.05, 0.1) is 10.7 Å². The minimum atomic E-state index is -0.979. The average molecular weight is 377 g/mol. The van der Waals surface area contributed by atoms with E-state index in [1.54, 1.807) is 24.3 Å². The summed E-state index contributed by atoms with van der Waals surface area (Å²) in [5, 5.41) is 6.74. The molecule has 6 heteroatoms. The van der Waals surface area contributed by atoms with E-state index >= 15 is 0 Å². The summed E-state index contributed by atoms with van der Waals surface area (Å²) in [5.41, 5.74) is 0.582. The quantitative estimate of drug-likeness (QED) is 0.746. The van der Waals surface area contributed by atoms with Crippen LogP contribution in [-0.2, 0) is 16.0 Å². The first-order chi connectivity index (χ1) is 12.0. The minimum absolute atomic E-state index is 0.237. The molecule has 1 aliphatic rings. The number of carbonyl (C=O) groups is 2. The van der Waals surface area contributed by atoms with Crippen LogP contribution in [0.1, 0.15) is 18.4 Å². The van der Waals surface area contributed by atoms with Crippen molar-refractivity contribution in [2.75, 3.05) is 11.9 Å². The van der Waals surface area contributed by atoms with Gasteiger partial charge in [0.2, 0.25) is 11.8 Å². The molecule has 1 saturated carbocycles. The second kappa shape index (κ2) is 7.46. The molecule has 0 bridgehead atoms. The molecule has 0 saturated heterocycles. The lowest BCUT2D eigenvalue weighted by atomic mass is 10.0. The summed E-state index contributed by atoms with van der Waals surface area (Å²) in [6.45, 7) is 0.459. The highest BCUT2D eigenvalue weighted by Gasteiger charge is 2.56. The van der Waals surface area contributed by atoms with Crippen molar-refractivity contribution in [1.29, 1.82) is 0 Å². The number of halogens is 2. The van der Waals surface area contributed by atoms with Crippen molar-refractivity contribution in [2.24, 2.45) is 5.41 Å². The van der Waals surface area contributed by atoms with Crippen LogP contribution in [-0.4, -0.2) is 18.4 Å². The van der Waals surface area contributed by atoms with Crippen LogP contribution < -0.4 is 10.6 Å². The van der Waals surface area contributed by atoms with Gasteiger partial charge in [-0.2, -0.15) is 0 Å². The van der Waals surface area contributed by atoms with E-state index in [0.29, 0.717) is 41.5 Å². The van der Waals surface area contributed by atoms with Gasteiger partial charge in [0.25, 0.3) is 0 Å². The van der Waals surface area contributed by atoms with E-state index in [-0.39, 0.29) is 11.8 Å². The monoisotopic (exact) mass is 376 g/mol. The third-order valence-electron chi connectivity index (χ3n) is 4.33. The van der Waals surface area contributed by atoms with Gasteiger partial charge in [0, 0.05) is 11.6 Å². The largest absolute Gasteiger partial charge is 0.355 e. The van der Waals surface area contributed by atoms with Crippen LogP contribution >= 0.6 is 23.2 Å². The standard InChI is InChI=1S/C19H18Cl2N2O2/c20-14-5-3-4-13(12-14)8-11-22-17(24)19(9-10-19)18(25)23-16-7-2-1-6-15(16)21/h1-7,12H,8-11H2,(H,22,24)(H,23,25). The Morgan fingerprint density at radius 1 is 1.00 bits per heavy atom. The van der Waals surface area contributed by atoms with Crippen LogP contribution in [0.4, 0.5) is 5.69 Å². The van der Waals surface area contributed by atoms with Crippen LogP contribution in [0, 0.1) is 5.41 Å². The molecule has 130 valence electrons. The van der Waals surface area contributed by atoms with E-state index in [0.717, 1.165) is 5.56 Å². The maximum absolute atomic E-state index is 12.5. The molecular formula is C19H18Cl2N2O2. The first-order valence-electron chi connectivity index (χ1n) is 8.10. The maximum Gasteiger partial charge on any atom is 0.240 e. The van der Waals surface area contributed by atoms with E-state index in [4.69, 9.17) is 23.2 Å². The molecule has 2 N–H and O–H groups in total. The van der Waals surface area contributed by atoms with Crippen LogP contribution in [0.3, 0.4) is 0 Å². The zero-order chi connectivity index (χ0) is 17.9. The Labute approximate surface area is 156 Å². The summed E-state index contributed by atoms with van der Waals surface area (Å²) in [4.78, 5) is 25.0. The second-order valence-corrected chi connectivity index (χ2v) is 7.00. The molecule has 4 nitrogen and oxygen atoms in total. The number of hydrogen-bond acceptors (Lipinski definition) is 2. The van der Waals surface area contributed by atoms with Crippen molar-refractivity contribution in [3.05, 3.63) is 64.1 Å². The van der Waals surface area contributed by atoms with Crippen LogP contribution in [0.5, 0.6) is 0 Å². The smallest absolute Gasteiger partial charge is 0.240 e. The first kappa shape index (κ1) is 17.8. The molecule has 0 aromatic heterocycles. The summed E-state index contributed by atoms with van der Waals surface area (Å²) in [5.74, 6) is -0.542. The molecule has 1 aliphatic carbocycles. The fourth-order valence-corrected chi connectivity index (χ4v) is 3.06. The third kappa shape index (κ3) is 4.14. The van der Waals surface area contributed by atoms with Gasteiger partial charge in [0.1, 0.15) is 5.41 Å². The fourth-order valence-electron chi connectivity index (χ4n) is 2.67. The molecule has 0 radical (unpaired) electrons. The van der Waals surface area contributed by atoms with Crippen molar-refractivity contribution in [1.82, 2.24) is 5.32 Å². The SMILES string of the molecule is O=C(NCCc1cccc(Cl)c1)C1(C(=O)Nc2ccccc2Cl)CC1. The predicted octanol–water partition coefficient (Wildman–Crippen LogP) is 4.07. The molecule has 0 spiro atoms. The summed E-state index contributed by atoms with van der Waals surface area (Å²) >= 11 is 12.0. The summed E-state index contributed by atoms with van der Waals surface area (Å²) < 4.78 is 0. The third-order valence-corrected chi connectivity index (χ3v) is 4.89. The summed E-state index contributed by atoms with van der Waals surface area (Å²) in [7, 11) is 0. The van der Waals surface area contributed by atoms with Gasteiger partial charge in [0.15, 0.2) is 0 Å². The molecule has 1 fully saturated rings. The second-order valence-electron chi connectivity index (χ2n) is 6.15. The molecule has 3 rings (SSSR count). The molecule has 2 aromatic carbocycles. The predicted molar refractivity (Wildman–Crippen MR) is 99.9 cm³/mol. The molecule has 0 heterocycles. The molecule has 0 atom stereocenters. The molecule has 2 aromatic rings. The Bertz CT molecular complexity index is 804. The van der Waals surface area contributed by atoms with Gasteiger partial charge >= 0.3 is 0 Å². The Morgan fingerprint density at radius 3 is 2.44 bits per heavy atom. The van der Waals surface area contributed by atoms with E-state index in [1.807, 2.05) is 24.3 Å². The van der Waals surface area contributed by atoms with E-state index < -0.39 is 5.41 Å². The van der Waals surface area contributed by atoms with Crippen LogP contribution in [0.2, 0.25) is 10.0 Å². The van der Waals surface area contributed by atoms with E-state index in [2.05, 4.69) is 10.6 Å². The lowest BCUT2D eigenvalue weighted by Crippen LogP contribution is -2.40. The van der Waals surface area contributed by atoms with Crippen molar-refractivity contribution in [3.8, 4) is 0 Å². The van der Waals surface area contributed by atoms with Crippen LogP contribution in [0.15, 0.2) is 48.5 Å². The lowest BCUT2D eigenvalue weighted by molar-refractivity contribution is -0.134. The van der Waals surface area contributed by atoms with Gasteiger partial charge in [-0.3, -0.25) is 9.59 Å². The normalized spacial score (nSPS) is 14.6. The zero-order valence-electron chi connectivity index (χ0n) is 13.5. The summed E-state index contributed by atoms with van der Waals surface area (Å²) in [6.07, 6.45) is 1.76. The van der Waals surface area contributed by atoms with E-state index in [1.165, 1.54) is 0 Å². The number of amides is 2. The topological polar surface area (TPSA) is 58.2 Å². The number of nitrogens with one attached hydrogen (secondary N) is 2. The van der Waals surface area contributed by atoms with E-state index in [9.17, 15) is 9.59 Å². The number of rotatable bonds is 6. The highest BCUT2D eigenvalue weighted by molar-refractivity contribution is 6.34. The average Bonchev–Trinajstić information content (AvgIpc) is 3.39. The Hall–Kier alpha value is -2.04. The van der Waals surface area contributed by atoms with Gasteiger partial charge in [-0.05, 0) is 49.1 Å². The van der Waals surface area contributed by atoms with Crippen molar-refractivity contribution >= 4 is 40.7 Å². The Kier molecular flexibility index (Phi) is 5.30. The summed E-state index contributed by atoms with van der Waals surface area (Å²) in [6, 6.07) is 14.5. The minimum Gasteiger partial charge on any atom is -0.355 e. The molecule has 25 heavy (non-hydrogen) atoms. The van der Waals surface area contributed by atoms with Gasteiger partial charge in [-0.1, -0.05) is 47.5 Å². The van der Waals surface area contributed by atoms with Gasteiger partial charge in [-0.15, -0.1) is 0 Å². The number of para-hydroxylation sites is 1. The Morgan fingerprint density at radius 2 is 1.76 bits per heavy atom. The van der Waals surface area contributed by atoms with Crippen molar-refractivity contribution in [3.63, 3.8) is 0 Å². The highest BCUT2D eigenvalue weighted by atomic mass is 35.5. The lowest BCUT2D eigenvalue weighted by Gasteiger charge is -2.16. The number of anilines is 1. The number of benzene rings is 2. The maximum atomic E-state index is 12.5.